The zero-order chi connectivity index (χ0) is 19.0. The molecule has 4 rings (SSSR count). The molecule has 2 aromatic rings. The molecule has 2 aliphatic rings. The molecule has 4 nitrogen and oxygen atoms in total. The number of ether oxygens (including phenoxy) is 1. The summed E-state index contributed by atoms with van der Waals surface area (Å²) in [5, 5.41) is 8.79. The quantitative estimate of drug-likeness (QED) is 0.800. The maximum atomic E-state index is 14.1. The van der Waals surface area contributed by atoms with Gasteiger partial charge in [0.05, 0.1) is 11.6 Å². The first-order valence-electron chi connectivity index (χ1n) is 9.23. The van der Waals surface area contributed by atoms with Crippen LogP contribution in [0.3, 0.4) is 0 Å². The van der Waals surface area contributed by atoms with Crippen LogP contribution in [0, 0.1) is 34.3 Å². The van der Waals surface area contributed by atoms with Gasteiger partial charge in [-0.3, -0.25) is 0 Å². The first-order valence-corrected chi connectivity index (χ1v) is 9.23. The van der Waals surface area contributed by atoms with E-state index in [1.807, 2.05) is 6.07 Å². The molecule has 1 spiro atoms. The van der Waals surface area contributed by atoms with Crippen LogP contribution in [0.5, 0.6) is 5.88 Å². The Kier molecular flexibility index (Phi) is 4.47. The molecule has 2 fully saturated rings. The van der Waals surface area contributed by atoms with Crippen molar-refractivity contribution in [2.75, 3.05) is 18.0 Å². The first kappa shape index (κ1) is 17.7. The fourth-order valence-electron chi connectivity index (χ4n) is 4.00. The lowest BCUT2D eigenvalue weighted by molar-refractivity contribution is 0.272. The number of hydrogen-bond acceptors (Lipinski definition) is 4. The lowest BCUT2D eigenvalue weighted by Gasteiger charge is -2.33. The first-order chi connectivity index (χ1) is 13.0. The number of rotatable bonds is 4. The number of benzene rings is 1. The molecule has 0 radical (unpaired) electrons. The van der Waals surface area contributed by atoms with Crippen molar-refractivity contribution in [1.29, 1.82) is 5.26 Å². The van der Waals surface area contributed by atoms with Crippen molar-refractivity contribution in [3.8, 4) is 11.9 Å². The van der Waals surface area contributed by atoms with Gasteiger partial charge in [0, 0.05) is 18.7 Å². The lowest BCUT2D eigenvalue weighted by Crippen LogP contribution is -2.35. The molecule has 0 bridgehead atoms. The van der Waals surface area contributed by atoms with Gasteiger partial charge in [-0.25, -0.2) is 8.78 Å². The average molecular weight is 369 g/mol. The minimum Gasteiger partial charge on any atom is -0.471 e. The molecule has 1 saturated heterocycles. The number of anilines is 1. The summed E-state index contributed by atoms with van der Waals surface area (Å²) in [7, 11) is 0. The number of piperidine rings is 1. The van der Waals surface area contributed by atoms with E-state index in [-0.39, 0.29) is 23.6 Å². The van der Waals surface area contributed by atoms with Crippen LogP contribution in [-0.2, 0) is 6.61 Å². The summed E-state index contributed by atoms with van der Waals surface area (Å²) in [6, 6.07) is 9.00. The lowest BCUT2D eigenvalue weighted by atomic mass is 9.91. The van der Waals surface area contributed by atoms with Crippen LogP contribution in [-0.4, -0.2) is 18.1 Å². The topological polar surface area (TPSA) is 49.1 Å². The van der Waals surface area contributed by atoms with Crippen molar-refractivity contribution in [2.24, 2.45) is 11.3 Å². The molecule has 0 amide bonds. The summed E-state index contributed by atoms with van der Waals surface area (Å²) in [5.74, 6) is 0.246. The van der Waals surface area contributed by atoms with Crippen molar-refractivity contribution < 1.29 is 13.5 Å². The van der Waals surface area contributed by atoms with Gasteiger partial charge >= 0.3 is 0 Å². The summed E-state index contributed by atoms with van der Waals surface area (Å²) in [6.07, 6.45) is 3.59. The van der Waals surface area contributed by atoms with Crippen LogP contribution < -0.4 is 9.64 Å². The summed E-state index contributed by atoms with van der Waals surface area (Å²) in [5.41, 5.74) is 1.00. The van der Waals surface area contributed by atoms with E-state index >= 15 is 0 Å². The summed E-state index contributed by atoms with van der Waals surface area (Å²) in [4.78, 5) is 6.47. The van der Waals surface area contributed by atoms with E-state index < -0.39 is 11.6 Å². The minimum absolute atomic E-state index is 0.128. The second-order valence-electron chi connectivity index (χ2n) is 7.62. The molecule has 27 heavy (non-hydrogen) atoms. The highest BCUT2D eigenvalue weighted by Crippen LogP contribution is 2.59. The molecule has 140 valence electrons. The highest BCUT2D eigenvalue weighted by molar-refractivity contribution is 5.42. The molecule has 2 heterocycles. The maximum absolute atomic E-state index is 14.1. The van der Waals surface area contributed by atoms with E-state index in [0.29, 0.717) is 11.2 Å². The zero-order valence-corrected chi connectivity index (χ0v) is 15.2. The molecule has 1 saturated carbocycles. The third-order valence-electron chi connectivity index (χ3n) is 6.03. The Bertz CT molecular complexity index is 901. The smallest absolute Gasteiger partial charge is 0.252 e. The highest BCUT2D eigenvalue weighted by Gasteiger charge is 2.51. The summed E-state index contributed by atoms with van der Waals surface area (Å²) >= 11 is 0. The van der Waals surface area contributed by atoms with Crippen LogP contribution in [0.2, 0.25) is 0 Å². The van der Waals surface area contributed by atoms with Crippen LogP contribution >= 0.6 is 0 Å². The fourth-order valence-corrected chi connectivity index (χ4v) is 4.00. The Morgan fingerprint density at radius 1 is 1.22 bits per heavy atom. The minimum atomic E-state index is -0.572. The molecule has 6 heteroatoms. The Morgan fingerprint density at radius 3 is 2.59 bits per heavy atom. The number of nitrogens with zero attached hydrogens (tertiary/aromatic N) is 3. The van der Waals surface area contributed by atoms with Crippen molar-refractivity contribution in [1.82, 2.24) is 4.98 Å². The van der Waals surface area contributed by atoms with Crippen molar-refractivity contribution >= 4 is 5.82 Å². The predicted octanol–water partition coefficient (Wildman–Crippen LogP) is 4.44. The van der Waals surface area contributed by atoms with E-state index in [1.165, 1.54) is 24.6 Å². The van der Waals surface area contributed by atoms with Gasteiger partial charge in [0.15, 0.2) is 5.82 Å². The fraction of sp³-hybridized carbons (Fsp3) is 0.429. The molecule has 1 atom stereocenters. The summed E-state index contributed by atoms with van der Waals surface area (Å²) in [6.45, 7) is 3.98. The summed E-state index contributed by atoms with van der Waals surface area (Å²) < 4.78 is 33.5. The molecule has 1 aromatic heterocycles. The maximum Gasteiger partial charge on any atom is 0.252 e. The predicted molar refractivity (Wildman–Crippen MR) is 97.3 cm³/mol. The number of halogens is 2. The van der Waals surface area contributed by atoms with Crippen LogP contribution in [0.4, 0.5) is 14.6 Å². The Labute approximate surface area is 157 Å². The van der Waals surface area contributed by atoms with E-state index in [1.54, 1.807) is 6.07 Å². The molecule has 1 aliphatic carbocycles. The third kappa shape index (κ3) is 3.46. The molecule has 1 aliphatic heterocycles. The molecule has 1 aromatic carbocycles. The molecular formula is C21H21F2N3O. The average Bonchev–Trinajstić information content (AvgIpc) is 3.30. The van der Waals surface area contributed by atoms with Gasteiger partial charge < -0.3 is 9.64 Å². The van der Waals surface area contributed by atoms with Gasteiger partial charge in [-0.15, -0.1) is 0 Å². The monoisotopic (exact) mass is 369 g/mol. The number of hydrogen-bond donors (Lipinski definition) is 0. The number of aromatic nitrogens is 1. The Balaban J connectivity index is 1.44. The van der Waals surface area contributed by atoms with Gasteiger partial charge in [0.2, 0.25) is 0 Å². The standard InChI is InChI=1S/C21H21F2N3O/c1-14-11-21(14)6-8-26(9-7-21)19-5-4-17(22)20(25-19)27-13-16-3-2-15(12-24)10-18(16)23/h2-5,10,14H,6-9,11,13H2,1H3. The van der Waals surface area contributed by atoms with Crippen LogP contribution in [0.1, 0.15) is 37.3 Å². The van der Waals surface area contributed by atoms with Gasteiger partial charge in [-0.1, -0.05) is 13.0 Å². The third-order valence-corrected chi connectivity index (χ3v) is 6.03. The number of nitriles is 1. The van der Waals surface area contributed by atoms with Crippen molar-refractivity contribution in [3.63, 3.8) is 0 Å². The molecular weight excluding hydrogens is 348 g/mol. The zero-order valence-electron chi connectivity index (χ0n) is 15.2. The van der Waals surface area contributed by atoms with Gasteiger partial charge in [0.1, 0.15) is 18.2 Å². The molecule has 1 unspecified atom stereocenters. The van der Waals surface area contributed by atoms with Crippen molar-refractivity contribution in [3.05, 3.63) is 53.1 Å². The SMILES string of the molecule is CC1CC12CCN(c1ccc(F)c(OCc3ccc(C#N)cc3F)n1)CC2. The normalized spacial score (nSPS) is 20.4. The Morgan fingerprint density at radius 2 is 1.96 bits per heavy atom. The van der Waals surface area contributed by atoms with E-state index in [2.05, 4.69) is 16.8 Å². The Hall–Kier alpha value is -2.68. The van der Waals surface area contributed by atoms with Crippen LogP contribution in [0.25, 0.3) is 0 Å². The van der Waals surface area contributed by atoms with Gasteiger partial charge in [-0.2, -0.15) is 10.2 Å². The van der Waals surface area contributed by atoms with Gasteiger partial charge in [-0.05, 0) is 54.9 Å². The number of pyridine rings is 1. The van der Waals surface area contributed by atoms with E-state index in [9.17, 15) is 8.78 Å². The van der Waals surface area contributed by atoms with E-state index in [4.69, 9.17) is 10.00 Å². The van der Waals surface area contributed by atoms with Gasteiger partial charge in [0.25, 0.3) is 5.88 Å². The second kappa shape index (κ2) is 6.80. The molecule has 0 N–H and O–H groups in total. The largest absolute Gasteiger partial charge is 0.471 e. The highest BCUT2D eigenvalue weighted by atomic mass is 19.1. The van der Waals surface area contributed by atoms with Crippen molar-refractivity contribution in [2.45, 2.75) is 32.8 Å². The van der Waals surface area contributed by atoms with Crippen LogP contribution in [0.15, 0.2) is 30.3 Å². The van der Waals surface area contributed by atoms with E-state index in [0.717, 1.165) is 37.9 Å². The second-order valence-corrected chi connectivity index (χ2v) is 7.62.